The molecule has 1 aromatic carbocycles. The number of hydrogen-bond donors (Lipinski definition) is 6. The summed E-state index contributed by atoms with van der Waals surface area (Å²) in [6.07, 6.45) is 1.26. The number of carbonyl (C=O) groups excluding carboxylic acids is 2. The number of nitrogens with one attached hydrogen (secondary N) is 3. The van der Waals surface area contributed by atoms with Gasteiger partial charge in [-0.25, -0.2) is 19.1 Å². The molecule has 200 valence electrons. The van der Waals surface area contributed by atoms with Crippen LogP contribution in [-0.2, 0) is 38.6 Å². The molecule has 0 saturated heterocycles. The predicted octanol–water partition coefficient (Wildman–Crippen LogP) is 0.432. The normalized spacial score (nSPS) is 12.2. The van der Waals surface area contributed by atoms with Gasteiger partial charge in [-0.2, -0.15) is 0 Å². The van der Waals surface area contributed by atoms with Crippen LogP contribution in [0.2, 0.25) is 0 Å². The number of nitrogens with zero attached hydrogens (tertiary/aromatic N) is 3. The first kappa shape index (κ1) is 28.7. The zero-order valence-electron chi connectivity index (χ0n) is 19.6. The highest BCUT2D eigenvalue weighted by Crippen LogP contribution is 2.12. The minimum absolute atomic E-state index is 0.117. The van der Waals surface area contributed by atoms with E-state index >= 15 is 0 Å². The Bertz CT molecular complexity index is 1110. The molecule has 37 heavy (non-hydrogen) atoms. The predicted molar refractivity (Wildman–Crippen MR) is 124 cm³/mol. The number of urea groups is 1. The van der Waals surface area contributed by atoms with Gasteiger partial charge in [-0.3, -0.25) is 14.0 Å². The van der Waals surface area contributed by atoms with Gasteiger partial charge in [-0.1, -0.05) is 17.3 Å². The summed E-state index contributed by atoms with van der Waals surface area (Å²) in [6, 6.07) is 2.17. The van der Waals surface area contributed by atoms with Gasteiger partial charge < -0.3 is 31.3 Å². The summed E-state index contributed by atoms with van der Waals surface area (Å²) in [4.78, 5) is 57.8. The summed E-state index contributed by atoms with van der Waals surface area (Å²) in [5, 5.41) is 41.8. The number of halogens is 1. The van der Waals surface area contributed by atoms with Crippen molar-refractivity contribution in [3.63, 3.8) is 0 Å². The molecule has 2 aromatic rings. The monoisotopic (exact) mass is 522 g/mol. The molecule has 0 spiro atoms. The van der Waals surface area contributed by atoms with Crippen LogP contribution in [0.15, 0.2) is 30.5 Å². The number of carboxylic acid groups (broad SMARTS) is 3. The van der Waals surface area contributed by atoms with Crippen molar-refractivity contribution in [1.82, 2.24) is 25.6 Å². The van der Waals surface area contributed by atoms with Gasteiger partial charge in [0.1, 0.15) is 18.6 Å². The fraction of sp³-hybridized carbons (Fsp3) is 0.409. The lowest BCUT2D eigenvalue weighted by Gasteiger charge is -2.18. The summed E-state index contributed by atoms with van der Waals surface area (Å²) in [7, 11) is 0. The zero-order valence-corrected chi connectivity index (χ0v) is 19.6. The van der Waals surface area contributed by atoms with Crippen LogP contribution in [0, 0.1) is 0 Å². The van der Waals surface area contributed by atoms with Gasteiger partial charge >= 0.3 is 23.9 Å². The molecule has 15 heteroatoms. The van der Waals surface area contributed by atoms with Crippen LogP contribution in [-0.4, -0.2) is 78.9 Å². The van der Waals surface area contributed by atoms with E-state index in [9.17, 15) is 33.5 Å². The molecule has 2 atom stereocenters. The smallest absolute Gasteiger partial charge is 0.326 e. The molecule has 0 aliphatic heterocycles. The standard InChI is InChI=1S/C22H27FN6O8/c23-9-1-2-15-11-29(28-27-15)12-18(30)24-14-5-3-13(4-6-14)10-17(21(35)36)26-22(37)25-16(20(33)34)7-8-19(31)32/h3-6,11,16-17H,1-2,7-10,12H2,(H,24,30)(H,31,32)(H,33,34)(H,35,36)(H2,25,26,37)/t16-,17-/m0/s1. The molecule has 0 radical (unpaired) electrons. The summed E-state index contributed by atoms with van der Waals surface area (Å²) in [6.45, 7) is -0.589. The third kappa shape index (κ3) is 10.3. The maximum Gasteiger partial charge on any atom is 0.326 e. The second-order valence-corrected chi connectivity index (χ2v) is 7.98. The van der Waals surface area contributed by atoms with Crippen molar-refractivity contribution in [2.75, 3.05) is 12.0 Å². The van der Waals surface area contributed by atoms with E-state index in [4.69, 9.17) is 10.2 Å². The second-order valence-electron chi connectivity index (χ2n) is 7.98. The summed E-state index contributed by atoms with van der Waals surface area (Å²) >= 11 is 0. The highest BCUT2D eigenvalue weighted by Gasteiger charge is 2.25. The summed E-state index contributed by atoms with van der Waals surface area (Å²) in [5.41, 5.74) is 1.50. The molecule has 0 saturated carbocycles. The van der Waals surface area contributed by atoms with Crippen LogP contribution in [0.25, 0.3) is 0 Å². The van der Waals surface area contributed by atoms with E-state index in [-0.39, 0.29) is 19.4 Å². The molecule has 6 N–H and O–H groups in total. The number of rotatable bonds is 15. The van der Waals surface area contributed by atoms with Crippen molar-refractivity contribution in [2.24, 2.45) is 0 Å². The molecular weight excluding hydrogens is 495 g/mol. The highest BCUT2D eigenvalue weighted by atomic mass is 19.1. The Morgan fingerprint density at radius 3 is 2.22 bits per heavy atom. The molecule has 14 nitrogen and oxygen atoms in total. The van der Waals surface area contributed by atoms with E-state index in [0.717, 1.165) is 0 Å². The van der Waals surface area contributed by atoms with E-state index in [1.54, 1.807) is 18.3 Å². The van der Waals surface area contributed by atoms with Crippen molar-refractivity contribution in [1.29, 1.82) is 0 Å². The first-order chi connectivity index (χ1) is 17.6. The Labute approximate surface area is 209 Å². The molecule has 0 fully saturated rings. The summed E-state index contributed by atoms with van der Waals surface area (Å²) in [5.74, 6) is -4.47. The average molecular weight is 522 g/mol. The fourth-order valence-corrected chi connectivity index (χ4v) is 3.17. The molecule has 1 aromatic heterocycles. The molecule has 0 bridgehead atoms. The van der Waals surface area contributed by atoms with Gasteiger partial charge in [0.05, 0.1) is 12.4 Å². The van der Waals surface area contributed by atoms with Crippen molar-refractivity contribution < 1.29 is 43.7 Å². The van der Waals surface area contributed by atoms with Crippen LogP contribution >= 0.6 is 0 Å². The van der Waals surface area contributed by atoms with Crippen molar-refractivity contribution >= 4 is 35.5 Å². The van der Waals surface area contributed by atoms with Gasteiger partial charge in [0.15, 0.2) is 0 Å². The van der Waals surface area contributed by atoms with Crippen molar-refractivity contribution in [3.8, 4) is 0 Å². The van der Waals surface area contributed by atoms with E-state index < -0.39 is 55.0 Å². The fourth-order valence-electron chi connectivity index (χ4n) is 3.17. The number of anilines is 1. The van der Waals surface area contributed by atoms with Crippen LogP contribution < -0.4 is 16.0 Å². The van der Waals surface area contributed by atoms with Gasteiger partial charge in [-0.15, -0.1) is 5.10 Å². The number of aromatic nitrogens is 3. The van der Waals surface area contributed by atoms with E-state index in [1.807, 2.05) is 0 Å². The number of aryl methyl sites for hydroxylation is 1. The highest BCUT2D eigenvalue weighted by molar-refractivity contribution is 5.90. The van der Waals surface area contributed by atoms with Crippen molar-refractivity contribution in [3.05, 3.63) is 41.7 Å². The van der Waals surface area contributed by atoms with E-state index in [1.165, 1.54) is 16.8 Å². The molecule has 0 aliphatic carbocycles. The number of carboxylic acids is 3. The van der Waals surface area contributed by atoms with Gasteiger partial charge in [0.2, 0.25) is 5.91 Å². The molecule has 3 amide bonds. The Balaban J connectivity index is 1.90. The van der Waals surface area contributed by atoms with Crippen molar-refractivity contribution in [2.45, 2.75) is 50.7 Å². The molecule has 0 aliphatic rings. The Morgan fingerprint density at radius 2 is 1.62 bits per heavy atom. The number of benzene rings is 1. The third-order valence-corrected chi connectivity index (χ3v) is 4.99. The van der Waals surface area contributed by atoms with Crippen LogP contribution in [0.4, 0.5) is 14.9 Å². The Kier molecular flexibility index (Phi) is 10.9. The Hall–Kier alpha value is -4.56. The van der Waals surface area contributed by atoms with Crippen LogP contribution in [0.3, 0.4) is 0 Å². The molecule has 0 unspecified atom stereocenters. The van der Waals surface area contributed by atoms with Crippen LogP contribution in [0.5, 0.6) is 0 Å². The number of alkyl halides is 1. The lowest BCUT2D eigenvalue weighted by atomic mass is 10.1. The number of aliphatic carboxylic acids is 3. The topological polar surface area (TPSA) is 213 Å². The lowest BCUT2D eigenvalue weighted by Crippen LogP contribution is -2.51. The SMILES string of the molecule is O=C(O)CC[C@H](NC(=O)N[C@@H](Cc1ccc(NC(=O)Cn2cc(CCCF)nn2)cc1)C(=O)O)C(=O)O. The second kappa shape index (κ2) is 14.1. The van der Waals surface area contributed by atoms with Gasteiger partial charge in [0, 0.05) is 24.7 Å². The quantitative estimate of drug-likeness (QED) is 0.190. The molecular formula is C22H27FN6O8. The Morgan fingerprint density at radius 1 is 0.973 bits per heavy atom. The summed E-state index contributed by atoms with van der Waals surface area (Å²) < 4.78 is 13.6. The first-order valence-corrected chi connectivity index (χ1v) is 11.2. The maximum absolute atomic E-state index is 12.2. The molecule has 1 heterocycles. The first-order valence-electron chi connectivity index (χ1n) is 11.2. The zero-order chi connectivity index (χ0) is 27.4. The average Bonchev–Trinajstić information content (AvgIpc) is 3.27. The maximum atomic E-state index is 12.2. The largest absolute Gasteiger partial charge is 0.481 e. The van der Waals surface area contributed by atoms with E-state index in [0.29, 0.717) is 29.8 Å². The number of hydrogen-bond acceptors (Lipinski definition) is 7. The number of amides is 3. The molecule has 2 rings (SSSR count). The van der Waals surface area contributed by atoms with E-state index in [2.05, 4.69) is 26.3 Å². The van der Waals surface area contributed by atoms with Crippen LogP contribution in [0.1, 0.15) is 30.5 Å². The van der Waals surface area contributed by atoms with Gasteiger partial charge in [0.25, 0.3) is 0 Å². The van der Waals surface area contributed by atoms with Gasteiger partial charge in [-0.05, 0) is 37.0 Å². The lowest BCUT2D eigenvalue weighted by molar-refractivity contribution is -0.140. The minimum Gasteiger partial charge on any atom is -0.481 e. The minimum atomic E-state index is -1.51. The number of carbonyl (C=O) groups is 5. The third-order valence-electron chi connectivity index (χ3n) is 4.99.